The normalized spacial score (nSPS) is 16.9. The van der Waals surface area contributed by atoms with Gasteiger partial charge >= 0.3 is 0 Å². The first-order chi connectivity index (χ1) is 11.2. The lowest BCUT2D eigenvalue weighted by molar-refractivity contribution is 0.0332. The highest BCUT2D eigenvalue weighted by Crippen LogP contribution is 2.19. The number of hydrogen-bond donors (Lipinski definition) is 1. The van der Waals surface area contributed by atoms with Gasteiger partial charge in [0.2, 0.25) is 0 Å². The molecule has 1 aliphatic rings. The Bertz CT molecular complexity index is 635. The molecule has 2 heterocycles. The monoisotopic (exact) mass is 330 g/mol. The van der Waals surface area contributed by atoms with Gasteiger partial charge in [-0.15, -0.1) is 11.3 Å². The molecule has 0 unspecified atom stereocenters. The van der Waals surface area contributed by atoms with Crippen LogP contribution < -0.4 is 5.32 Å². The molecule has 0 saturated carbocycles. The lowest BCUT2D eigenvalue weighted by Gasteiger charge is -2.31. The summed E-state index contributed by atoms with van der Waals surface area (Å²) in [6, 6.07) is 14.1. The highest BCUT2D eigenvalue weighted by molar-refractivity contribution is 7.13. The summed E-state index contributed by atoms with van der Waals surface area (Å²) < 4.78 is 5.41. The number of aryl methyl sites for hydroxylation is 1. The van der Waals surface area contributed by atoms with E-state index in [1.165, 1.54) is 11.3 Å². The Morgan fingerprint density at radius 1 is 1.22 bits per heavy atom. The molecular weight excluding hydrogens is 308 g/mol. The third-order valence-electron chi connectivity index (χ3n) is 4.02. The molecule has 0 aliphatic carbocycles. The van der Waals surface area contributed by atoms with Gasteiger partial charge in [0, 0.05) is 24.5 Å². The fourth-order valence-corrected chi connectivity index (χ4v) is 3.52. The van der Waals surface area contributed by atoms with Gasteiger partial charge in [0.1, 0.15) is 0 Å². The zero-order valence-corrected chi connectivity index (χ0v) is 14.1. The Balaban J connectivity index is 1.73. The van der Waals surface area contributed by atoms with Crippen molar-refractivity contribution in [2.45, 2.75) is 13.0 Å². The minimum absolute atomic E-state index is 0.00483. The SMILES string of the molecule is Cc1ccc(C(=O)N[C@@H](CN2CCOCC2)c2ccccc2)s1. The van der Waals surface area contributed by atoms with Gasteiger partial charge in [-0.1, -0.05) is 30.3 Å². The topological polar surface area (TPSA) is 41.6 Å². The summed E-state index contributed by atoms with van der Waals surface area (Å²) in [6.45, 7) is 6.18. The number of carbonyl (C=O) groups is 1. The second-order valence-electron chi connectivity index (χ2n) is 5.76. The van der Waals surface area contributed by atoms with E-state index in [2.05, 4.69) is 22.3 Å². The van der Waals surface area contributed by atoms with E-state index in [9.17, 15) is 4.79 Å². The molecule has 1 atom stereocenters. The number of hydrogen-bond acceptors (Lipinski definition) is 4. The Hall–Kier alpha value is -1.69. The van der Waals surface area contributed by atoms with Crippen LogP contribution in [0.3, 0.4) is 0 Å². The van der Waals surface area contributed by atoms with Gasteiger partial charge in [-0.3, -0.25) is 9.69 Å². The Morgan fingerprint density at radius 2 is 1.96 bits per heavy atom. The van der Waals surface area contributed by atoms with Crippen molar-refractivity contribution < 1.29 is 9.53 Å². The van der Waals surface area contributed by atoms with Crippen molar-refractivity contribution in [3.8, 4) is 0 Å². The summed E-state index contributed by atoms with van der Waals surface area (Å²) >= 11 is 1.53. The molecule has 0 radical (unpaired) electrons. The number of ether oxygens (including phenoxy) is 1. The average Bonchev–Trinajstić information content (AvgIpc) is 3.03. The number of nitrogens with one attached hydrogen (secondary N) is 1. The van der Waals surface area contributed by atoms with E-state index in [1.54, 1.807) is 0 Å². The molecule has 1 aliphatic heterocycles. The Labute approximate surface area is 141 Å². The molecule has 3 rings (SSSR count). The summed E-state index contributed by atoms with van der Waals surface area (Å²) in [7, 11) is 0. The Kier molecular flexibility index (Phi) is 5.43. The van der Waals surface area contributed by atoms with Gasteiger partial charge < -0.3 is 10.1 Å². The van der Waals surface area contributed by atoms with E-state index in [0.29, 0.717) is 0 Å². The van der Waals surface area contributed by atoms with Gasteiger partial charge in [0.25, 0.3) is 5.91 Å². The van der Waals surface area contributed by atoms with Crippen molar-refractivity contribution in [2.75, 3.05) is 32.8 Å². The summed E-state index contributed by atoms with van der Waals surface area (Å²) in [5, 5.41) is 3.20. The number of morpholine rings is 1. The quantitative estimate of drug-likeness (QED) is 0.916. The van der Waals surface area contributed by atoms with Gasteiger partial charge in [0.15, 0.2) is 0 Å². The maximum atomic E-state index is 12.5. The standard InChI is InChI=1S/C18H22N2O2S/c1-14-7-8-17(23-14)18(21)19-16(15-5-3-2-4-6-15)13-20-9-11-22-12-10-20/h2-8,16H,9-13H2,1H3,(H,19,21)/t16-/m0/s1. The molecule has 4 nitrogen and oxygen atoms in total. The minimum atomic E-state index is -0.00999. The first-order valence-electron chi connectivity index (χ1n) is 7.95. The van der Waals surface area contributed by atoms with E-state index >= 15 is 0 Å². The van der Waals surface area contributed by atoms with Gasteiger partial charge in [-0.2, -0.15) is 0 Å². The predicted molar refractivity (Wildman–Crippen MR) is 93.0 cm³/mol. The zero-order chi connectivity index (χ0) is 16.1. The number of amides is 1. The number of benzene rings is 1. The number of nitrogens with zero attached hydrogens (tertiary/aromatic N) is 1. The van der Waals surface area contributed by atoms with Crippen LogP contribution >= 0.6 is 11.3 Å². The average molecular weight is 330 g/mol. The second-order valence-corrected chi connectivity index (χ2v) is 7.05. The van der Waals surface area contributed by atoms with Crippen molar-refractivity contribution >= 4 is 17.2 Å². The molecule has 1 aromatic heterocycles. The Morgan fingerprint density at radius 3 is 2.61 bits per heavy atom. The molecule has 1 amide bonds. The zero-order valence-electron chi connectivity index (χ0n) is 13.3. The fourth-order valence-electron chi connectivity index (χ4n) is 2.75. The van der Waals surface area contributed by atoms with Gasteiger partial charge in [-0.05, 0) is 24.6 Å². The van der Waals surface area contributed by atoms with Crippen LogP contribution in [0.25, 0.3) is 0 Å². The number of rotatable bonds is 5. The van der Waals surface area contributed by atoms with Gasteiger partial charge in [-0.25, -0.2) is 0 Å². The first kappa shape index (κ1) is 16.2. The molecule has 0 bridgehead atoms. The molecule has 1 aromatic carbocycles. The van der Waals surface area contributed by atoms with Crippen molar-refractivity contribution in [3.05, 3.63) is 57.8 Å². The second kappa shape index (κ2) is 7.73. The molecule has 2 aromatic rings. The van der Waals surface area contributed by atoms with Crippen molar-refractivity contribution in [1.29, 1.82) is 0 Å². The third kappa shape index (κ3) is 4.41. The van der Waals surface area contributed by atoms with Crippen LogP contribution in [-0.2, 0) is 4.74 Å². The van der Waals surface area contributed by atoms with Crippen LogP contribution in [0, 0.1) is 6.92 Å². The van der Waals surface area contributed by atoms with Crippen LogP contribution in [0.15, 0.2) is 42.5 Å². The number of carbonyl (C=O) groups excluding carboxylic acids is 1. The van der Waals surface area contributed by atoms with E-state index < -0.39 is 0 Å². The maximum Gasteiger partial charge on any atom is 0.261 e. The highest BCUT2D eigenvalue weighted by atomic mass is 32.1. The first-order valence-corrected chi connectivity index (χ1v) is 8.76. The lowest BCUT2D eigenvalue weighted by Crippen LogP contribution is -2.43. The van der Waals surface area contributed by atoms with Crippen LogP contribution in [0.4, 0.5) is 0 Å². The van der Waals surface area contributed by atoms with Crippen molar-refractivity contribution in [3.63, 3.8) is 0 Å². The third-order valence-corrected chi connectivity index (χ3v) is 5.02. The van der Waals surface area contributed by atoms with Crippen molar-refractivity contribution in [2.24, 2.45) is 0 Å². The largest absolute Gasteiger partial charge is 0.379 e. The van der Waals surface area contributed by atoms with Crippen LogP contribution in [0.5, 0.6) is 0 Å². The van der Waals surface area contributed by atoms with Crippen LogP contribution in [0.2, 0.25) is 0 Å². The molecule has 1 N–H and O–H groups in total. The summed E-state index contributed by atoms with van der Waals surface area (Å²) in [4.78, 5) is 16.8. The molecule has 0 spiro atoms. The van der Waals surface area contributed by atoms with E-state index in [0.717, 1.165) is 48.2 Å². The highest BCUT2D eigenvalue weighted by Gasteiger charge is 2.21. The van der Waals surface area contributed by atoms with Gasteiger partial charge in [0.05, 0.1) is 24.1 Å². The van der Waals surface area contributed by atoms with E-state index in [-0.39, 0.29) is 11.9 Å². The molecular formula is C18H22N2O2S. The summed E-state index contributed by atoms with van der Waals surface area (Å²) in [6.07, 6.45) is 0. The molecule has 122 valence electrons. The summed E-state index contributed by atoms with van der Waals surface area (Å²) in [5.74, 6) is 0.00483. The van der Waals surface area contributed by atoms with E-state index in [1.807, 2.05) is 37.3 Å². The minimum Gasteiger partial charge on any atom is -0.379 e. The number of thiophene rings is 1. The molecule has 5 heteroatoms. The van der Waals surface area contributed by atoms with Crippen molar-refractivity contribution in [1.82, 2.24) is 10.2 Å². The summed E-state index contributed by atoms with van der Waals surface area (Å²) in [5.41, 5.74) is 1.14. The molecule has 1 fully saturated rings. The predicted octanol–water partition coefficient (Wildman–Crippen LogP) is 2.86. The molecule has 23 heavy (non-hydrogen) atoms. The maximum absolute atomic E-state index is 12.5. The smallest absolute Gasteiger partial charge is 0.261 e. The van der Waals surface area contributed by atoms with Crippen LogP contribution in [0.1, 0.15) is 26.2 Å². The fraction of sp³-hybridized carbons (Fsp3) is 0.389. The molecule has 1 saturated heterocycles. The van der Waals surface area contributed by atoms with Crippen LogP contribution in [-0.4, -0.2) is 43.7 Å². The lowest BCUT2D eigenvalue weighted by atomic mass is 10.1. The van der Waals surface area contributed by atoms with E-state index in [4.69, 9.17) is 4.74 Å².